The average Bonchev–Trinajstić information content (AvgIpc) is 2.72. The Morgan fingerprint density at radius 2 is 0.440 bits per heavy atom. The third-order valence-electron chi connectivity index (χ3n) is 1.33. The van der Waals surface area contributed by atoms with Gasteiger partial charge in [-0.15, -0.1) is 0 Å². The molecule has 2 aromatic rings. The molecule has 0 aliphatic heterocycles. The first-order valence-electron chi connectivity index (χ1n) is 8.31. The SMILES string of the molecule is C.C.CC.CC.CCC.CO.CO.c1ccccc1.c1ccccc1. The molecule has 152 valence electrons. The molecule has 0 aromatic heterocycles. The van der Waals surface area contributed by atoms with Crippen LogP contribution in [0.15, 0.2) is 72.8 Å². The number of hydrogen-bond acceptors (Lipinski definition) is 2. The van der Waals surface area contributed by atoms with Gasteiger partial charge in [-0.05, 0) is 0 Å². The van der Waals surface area contributed by atoms with Gasteiger partial charge in [0.15, 0.2) is 0 Å². The van der Waals surface area contributed by atoms with E-state index in [-0.39, 0.29) is 14.9 Å². The van der Waals surface area contributed by atoms with Crippen LogP contribution in [0.1, 0.15) is 62.8 Å². The minimum absolute atomic E-state index is 0. The van der Waals surface area contributed by atoms with Gasteiger partial charge in [-0.25, -0.2) is 0 Å². The Bertz CT molecular complexity index is 198. The van der Waals surface area contributed by atoms with Crippen LogP contribution in [-0.4, -0.2) is 24.4 Å². The highest BCUT2D eigenvalue weighted by Gasteiger charge is 1.58. The van der Waals surface area contributed by atoms with E-state index in [2.05, 4.69) is 13.8 Å². The maximum atomic E-state index is 7.00. The van der Waals surface area contributed by atoms with E-state index in [1.165, 1.54) is 6.42 Å². The maximum absolute atomic E-state index is 7.00. The normalized spacial score (nSPS) is 5.52. The van der Waals surface area contributed by atoms with Gasteiger partial charge < -0.3 is 10.2 Å². The van der Waals surface area contributed by atoms with Crippen molar-refractivity contribution in [2.45, 2.75) is 62.8 Å². The van der Waals surface area contributed by atoms with Crippen LogP contribution >= 0.6 is 0 Å². The van der Waals surface area contributed by atoms with Crippen LogP contribution in [-0.2, 0) is 0 Å². The van der Waals surface area contributed by atoms with Gasteiger partial charge in [0.05, 0.1) is 0 Å². The second-order valence-corrected chi connectivity index (χ2v) is 3.02. The molecule has 0 amide bonds. The standard InChI is InChI=1S/2C6H6.C3H8.2C2H6.2CH4O.2CH4/c2*1-2-4-6-5-3-1;1-3-2;4*1-2;;/h2*1-6H;3H2,1-2H3;2*1-2H3;2*2H,1H3;2*1H4. The van der Waals surface area contributed by atoms with Crippen molar-refractivity contribution in [1.29, 1.82) is 0 Å². The fraction of sp³-hybridized carbons (Fsp3) is 0.478. The van der Waals surface area contributed by atoms with Gasteiger partial charge in [0.1, 0.15) is 0 Å². The summed E-state index contributed by atoms with van der Waals surface area (Å²) >= 11 is 0. The number of aliphatic hydroxyl groups excluding tert-OH is 2. The average molecular weight is 357 g/mol. The fourth-order valence-corrected chi connectivity index (χ4v) is 0.770. The molecule has 2 nitrogen and oxygen atoms in total. The first kappa shape index (κ1) is 43.6. The highest BCUT2D eigenvalue weighted by molar-refractivity contribution is 4.99. The van der Waals surface area contributed by atoms with Gasteiger partial charge in [-0.1, -0.05) is 136 Å². The van der Waals surface area contributed by atoms with Crippen molar-refractivity contribution in [3.8, 4) is 0 Å². The van der Waals surface area contributed by atoms with Crippen LogP contribution < -0.4 is 0 Å². The van der Waals surface area contributed by atoms with Crippen molar-refractivity contribution in [2.75, 3.05) is 14.2 Å². The zero-order valence-corrected chi connectivity index (χ0v) is 16.5. The Labute approximate surface area is 160 Å². The van der Waals surface area contributed by atoms with E-state index >= 15 is 0 Å². The molecule has 2 N–H and O–H groups in total. The van der Waals surface area contributed by atoms with Gasteiger partial charge in [-0.2, -0.15) is 0 Å². The molecular weight excluding hydrogens is 308 g/mol. The summed E-state index contributed by atoms with van der Waals surface area (Å²) in [5.74, 6) is 0. The van der Waals surface area contributed by atoms with E-state index in [4.69, 9.17) is 10.2 Å². The van der Waals surface area contributed by atoms with Crippen molar-refractivity contribution in [1.82, 2.24) is 0 Å². The minimum Gasteiger partial charge on any atom is -0.400 e. The molecule has 2 aromatic carbocycles. The third kappa shape index (κ3) is 86.4. The van der Waals surface area contributed by atoms with Crippen molar-refractivity contribution in [3.63, 3.8) is 0 Å². The van der Waals surface area contributed by atoms with Crippen molar-refractivity contribution in [3.05, 3.63) is 72.8 Å². The Hall–Kier alpha value is -1.64. The molecule has 0 heterocycles. The first-order chi connectivity index (χ1) is 11.4. The quantitative estimate of drug-likeness (QED) is 0.518. The van der Waals surface area contributed by atoms with Crippen molar-refractivity contribution >= 4 is 0 Å². The first-order valence-corrected chi connectivity index (χ1v) is 8.31. The van der Waals surface area contributed by atoms with Gasteiger partial charge in [-0.3, -0.25) is 0 Å². The summed E-state index contributed by atoms with van der Waals surface area (Å²) in [5.41, 5.74) is 0. The summed E-state index contributed by atoms with van der Waals surface area (Å²) in [4.78, 5) is 0. The Morgan fingerprint density at radius 3 is 0.480 bits per heavy atom. The second-order valence-electron chi connectivity index (χ2n) is 3.02. The van der Waals surface area contributed by atoms with Crippen LogP contribution in [0.3, 0.4) is 0 Å². The lowest BCUT2D eigenvalue weighted by Gasteiger charge is -1.69. The Kier molecular flexibility index (Phi) is 138. The molecule has 0 saturated carbocycles. The maximum Gasteiger partial charge on any atom is 0.0319 e. The molecule has 25 heavy (non-hydrogen) atoms. The number of aliphatic hydroxyl groups is 2. The van der Waals surface area contributed by atoms with E-state index in [1.807, 2.05) is 100 Å². The van der Waals surface area contributed by atoms with Gasteiger partial charge >= 0.3 is 0 Å². The zero-order valence-electron chi connectivity index (χ0n) is 16.5. The van der Waals surface area contributed by atoms with E-state index in [1.54, 1.807) is 0 Å². The summed E-state index contributed by atoms with van der Waals surface area (Å²) in [6.45, 7) is 12.2. The van der Waals surface area contributed by atoms with E-state index in [0.717, 1.165) is 14.2 Å². The van der Waals surface area contributed by atoms with Crippen LogP contribution in [0.5, 0.6) is 0 Å². The highest BCUT2D eigenvalue weighted by atomic mass is 16.2. The Morgan fingerprint density at radius 1 is 0.400 bits per heavy atom. The van der Waals surface area contributed by atoms with Crippen LogP contribution in [0.4, 0.5) is 0 Å². The molecule has 0 bridgehead atoms. The number of rotatable bonds is 0. The molecule has 0 radical (unpaired) electrons. The lowest BCUT2D eigenvalue weighted by Crippen LogP contribution is -1.47. The molecule has 2 rings (SSSR count). The molecule has 0 atom stereocenters. The predicted molar refractivity (Wildman–Crippen MR) is 121 cm³/mol. The van der Waals surface area contributed by atoms with Gasteiger partial charge in [0, 0.05) is 14.2 Å². The van der Waals surface area contributed by atoms with Crippen LogP contribution in [0.2, 0.25) is 0 Å². The summed E-state index contributed by atoms with van der Waals surface area (Å²) in [7, 11) is 2.00. The van der Waals surface area contributed by atoms with Crippen molar-refractivity contribution in [2.24, 2.45) is 0 Å². The lowest BCUT2D eigenvalue weighted by molar-refractivity contribution is 0.399. The van der Waals surface area contributed by atoms with E-state index in [9.17, 15) is 0 Å². The molecule has 0 unspecified atom stereocenters. The fourth-order valence-electron chi connectivity index (χ4n) is 0.770. The summed E-state index contributed by atoms with van der Waals surface area (Å²) in [6, 6.07) is 24.0. The molecule has 2 heteroatoms. The largest absolute Gasteiger partial charge is 0.400 e. The molecule has 0 aliphatic rings. The Balaban J connectivity index is -0.0000000323. The summed E-state index contributed by atoms with van der Waals surface area (Å²) in [6.07, 6.45) is 1.25. The van der Waals surface area contributed by atoms with Gasteiger partial charge in [0.2, 0.25) is 0 Å². The lowest BCUT2D eigenvalue weighted by atomic mass is 10.4. The predicted octanol–water partition coefficient (Wildman–Crippen LogP) is 7.33. The monoisotopic (exact) mass is 356 g/mol. The smallest absolute Gasteiger partial charge is 0.0319 e. The van der Waals surface area contributed by atoms with E-state index < -0.39 is 0 Å². The molecule has 0 aliphatic carbocycles. The highest BCUT2D eigenvalue weighted by Crippen LogP contribution is 1.80. The number of hydrogen-bond donors (Lipinski definition) is 2. The molecular formula is C23H48O2. The van der Waals surface area contributed by atoms with Crippen LogP contribution in [0, 0.1) is 0 Å². The third-order valence-corrected chi connectivity index (χ3v) is 1.33. The minimum atomic E-state index is 0. The number of benzene rings is 2. The molecule has 0 saturated heterocycles. The van der Waals surface area contributed by atoms with Gasteiger partial charge in [0.25, 0.3) is 0 Å². The summed E-state index contributed by atoms with van der Waals surface area (Å²) in [5, 5.41) is 14.0. The van der Waals surface area contributed by atoms with Crippen molar-refractivity contribution < 1.29 is 10.2 Å². The zero-order chi connectivity index (χ0) is 19.2. The summed E-state index contributed by atoms with van der Waals surface area (Å²) < 4.78 is 0. The molecule has 0 fully saturated rings. The topological polar surface area (TPSA) is 40.5 Å². The second kappa shape index (κ2) is 79.1. The molecule has 0 spiro atoms. The van der Waals surface area contributed by atoms with E-state index in [0.29, 0.717) is 0 Å². The van der Waals surface area contributed by atoms with Crippen LogP contribution in [0.25, 0.3) is 0 Å².